The van der Waals surface area contributed by atoms with E-state index in [1.165, 1.54) is 12.1 Å². The van der Waals surface area contributed by atoms with Gasteiger partial charge in [0.2, 0.25) is 5.91 Å². The van der Waals surface area contributed by atoms with Gasteiger partial charge in [-0.15, -0.1) is 13.2 Å². The summed E-state index contributed by atoms with van der Waals surface area (Å²) in [6, 6.07) is 23.0. The van der Waals surface area contributed by atoms with Crippen molar-refractivity contribution in [3.05, 3.63) is 96.6 Å². The van der Waals surface area contributed by atoms with Crippen LogP contribution in [0.5, 0.6) is 5.75 Å². The standard InChI is InChI=1S/C25H20F3NO2/c1-17(18-5-3-2-4-6-18)29-23(15-16-24(29)30)21-9-7-19(8-10-21)20-11-13-22(14-12-20)31-25(26,27)28/h2-14,23H,1,15-16H2/t23-/m1/s1. The van der Waals surface area contributed by atoms with Gasteiger partial charge < -0.3 is 9.64 Å². The largest absolute Gasteiger partial charge is 0.573 e. The van der Waals surface area contributed by atoms with Gasteiger partial charge in [0.1, 0.15) is 5.75 Å². The van der Waals surface area contributed by atoms with Gasteiger partial charge in [-0.1, -0.05) is 73.3 Å². The molecule has 1 saturated heterocycles. The van der Waals surface area contributed by atoms with Gasteiger partial charge in [0.05, 0.1) is 6.04 Å². The van der Waals surface area contributed by atoms with E-state index in [2.05, 4.69) is 11.3 Å². The Morgan fingerprint density at radius 3 is 2.06 bits per heavy atom. The monoisotopic (exact) mass is 423 g/mol. The quantitative estimate of drug-likeness (QED) is 0.464. The minimum Gasteiger partial charge on any atom is -0.406 e. The van der Waals surface area contributed by atoms with Gasteiger partial charge in [0.25, 0.3) is 0 Å². The molecular weight excluding hydrogens is 403 g/mol. The second kappa shape index (κ2) is 8.30. The molecule has 0 unspecified atom stereocenters. The predicted octanol–water partition coefficient (Wildman–Crippen LogP) is 6.59. The first-order valence-corrected chi connectivity index (χ1v) is 9.84. The Kier molecular flexibility index (Phi) is 5.55. The van der Waals surface area contributed by atoms with Crippen molar-refractivity contribution in [1.82, 2.24) is 4.90 Å². The Hall–Kier alpha value is -3.54. The lowest BCUT2D eigenvalue weighted by atomic mass is 9.99. The topological polar surface area (TPSA) is 29.5 Å². The van der Waals surface area contributed by atoms with E-state index in [1.807, 2.05) is 54.6 Å². The summed E-state index contributed by atoms with van der Waals surface area (Å²) in [4.78, 5) is 14.3. The molecule has 1 atom stereocenters. The molecule has 0 N–H and O–H groups in total. The Morgan fingerprint density at radius 2 is 1.48 bits per heavy atom. The van der Waals surface area contributed by atoms with Crippen molar-refractivity contribution < 1.29 is 22.7 Å². The molecule has 6 heteroatoms. The molecule has 3 nitrogen and oxygen atoms in total. The first-order valence-electron chi connectivity index (χ1n) is 9.84. The fourth-order valence-electron chi connectivity index (χ4n) is 3.85. The lowest BCUT2D eigenvalue weighted by molar-refractivity contribution is -0.274. The minimum absolute atomic E-state index is 0.0446. The molecule has 0 aliphatic carbocycles. The molecule has 0 bridgehead atoms. The first kappa shape index (κ1) is 20.7. The highest BCUT2D eigenvalue weighted by Gasteiger charge is 2.34. The number of alkyl halides is 3. The van der Waals surface area contributed by atoms with E-state index in [4.69, 9.17) is 0 Å². The summed E-state index contributed by atoms with van der Waals surface area (Å²) in [5.74, 6) is -0.212. The molecular formula is C25H20F3NO2. The van der Waals surface area contributed by atoms with Gasteiger partial charge >= 0.3 is 6.36 Å². The average molecular weight is 423 g/mol. The van der Waals surface area contributed by atoms with Gasteiger partial charge in [-0.3, -0.25) is 4.79 Å². The van der Waals surface area contributed by atoms with Crippen LogP contribution in [-0.2, 0) is 4.79 Å². The zero-order valence-electron chi connectivity index (χ0n) is 16.6. The molecule has 0 radical (unpaired) electrons. The fourth-order valence-corrected chi connectivity index (χ4v) is 3.85. The first-order chi connectivity index (χ1) is 14.8. The third kappa shape index (κ3) is 4.63. The van der Waals surface area contributed by atoms with Crippen molar-refractivity contribution in [3.8, 4) is 16.9 Å². The number of ether oxygens (including phenoxy) is 1. The van der Waals surface area contributed by atoms with Crippen molar-refractivity contribution >= 4 is 11.6 Å². The summed E-state index contributed by atoms with van der Waals surface area (Å²) in [6.07, 6.45) is -3.55. The summed E-state index contributed by atoms with van der Waals surface area (Å²) in [5.41, 5.74) is 4.20. The molecule has 0 saturated carbocycles. The summed E-state index contributed by atoms with van der Waals surface area (Å²) in [7, 11) is 0. The van der Waals surface area contributed by atoms with Crippen molar-refractivity contribution in [2.75, 3.05) is 0 Å². The number of hydrogen-bond donors (Lipinski definition) is 0. The highest BCUT2D eigenvalue weighted by atomic mass is 19.4. The third-order valence-corrected chi connectivity index (χ3v) is 5.33. The maximum atomic E-state index is 12.6. The molecule has 4 rings (SSSR count). The molecule has 1 aliphatic heterocycles. The zero-order chi connectivity index (χ0) is 22.0. The molecule has 1 heterocycles. The van der Waals surface area contributed by atoms with E-state index < -0.39 is 6.36 Å². The maximum Gasteiger partial charge on any atom is 0.573 e. The van der Waals surface area contributed by atoms with Crippen LogP contribution in [0.15, 0.2) is 85.4 Å². The summed E-state index contributed by atoms with van der Waals surface area (Å²) in [6.45, 7) is 4.14. The number of carbonyl (C=O) groups is 1. The van der Waals surface area contributed by atoms with E-state index in [9.17, 15) is 18.0 Å². The van der Waals surface area contributed by atoms with Crippen LogP contribution >= 0.6 is 0 Å². The van der Waals surface area contributed by atoms with E-state index in [-0.39, 0.29) is 17.7 Å². The van der Waals surface area contributed by atoms with Crippen LogP contribution in [0.1, 0.15) is 30.0 Å². The molecule has 1 amide bonds. The Bertz CT molecular complexity index is 1070. The maximum absolute atomic E-state index is 12.6. The van der Waals surface area contributed by atoms with Crippen molar-refractivity contribution in [2.24, 2.45) is 0 Å². The van der Waals surface area contributed by atoms with Crippen LogP contribution in [0, 0.1) is 0 Å². The summed E-state index contributed by atoms with van der Waals surface area (Å²) in [5, 5.41) is 0. The summed E-state index contributed by atoms with van der Waals surface area (Å²) >= 11 is 0. The lowest BCUT2D eigenvalue weighted by Crippen LogP contribution is -2.25. The second-order valence-electron chi connectivity index (χ2n) is 7.33. The predicted molar refractivity (Wildman–Crippen MR) is 113 cm³/mol. The van der Waals surface area contributed by atoms with Crippen LogP contribution in [-0.4, -0.2) is 17.2 Å². The van der Waals surface area contributed by atoms with Gasteiger partial charge in [-0.2, -0.15) is 0 Å². The van der Waals surface area contributed by atoms with Crippen LogP contribution in [0.2, 0.25) is 0 Å². The molecule has 0 aromatic heterocycles. The number of nitrogens with zero attached hydrogens (tertiary/aromatic N) is 1. The highest BCUT2D eigenvalue weighted by Crippen LogP contribution is 2.39. The zero-order valence-corrected chi connectivity index (χ0v) is 16.6. The van der Waals surface area contributed by atoms with Crippen molar-refractivity contribution in [2.45, 2.75) is 25.2 Å². The van der Waals surface area contributed by atoms with Crippen LogP contribution in [0.25, 0.3) is 16.8 Å². The van der Waals surface area contributed by atoms with Gasteiger partial charge in [-0.25, -0.2) is 0 Å². The molecule has 0 spiro atoms. The van der Waals surface area contributed by atoms with E-state index >= 15 is 0 Å². The number of halogens is 3. The average Bonchev–Trinajstić information content (AvgIpc) is 3.15. The molecule has 158 valence electrons. The van der Waals surface area contributed by atoms with E-state index in [1.54, 1.807) is 17.0 Å². The number of hydrogen-bond acceptors (Lipinski definition) is 2. The Balaban J connectivity index is 1.53. The normalized spacial score (nSPS) is 16.4. The molecule has 1 fully saturated rings. The van der Waals surface area contributed by atoms with Crippen molar-refractivity contribution in [1.29, 1.82) is 0 Å². The lowest BCUT2D eigenvalue weighted by Gasteiger charge is -2.27. The Morgan fingerprint density at radius 1 is 0.903 bits per heavy atom. The summed E-state index contributed by atoms with van der Waals surface area (Å²) < 4.78 is 40.9. The van der Waals surface area contributed by atoms with Gasteiger partial charge in [-0.05, 0) is 40.8 Å². The molecule has 3 aromatic carbocycles. The fraction of sp³-hybridized carbons (Fsp3) is 0.160. The highest BCUT2D eigenvalue weighted by molar-refractivity contribution is 5.88. The second-order valence-corrected chi connectivity index (χ2v) is 7.33. The van der Waals surface area contributed by atoms with Crippen molar-refractivity contribution in [3.63, 3.8) is 0 Å². The number of amides is 1. The molecule has 1 aliphatic rings. The van der Waals surface area contributed by atoms with Crippen LogP contribution < -0.4 is 4.74 Å². The smallest absolute Gasteiger partial charge is 0.406 e. The van der Waals surface area contributed by atoms with E-state index in [0.29, 0.717) is 18.5 Å². The number of rotatable bonds is 5. The third-order valence-electron chi connectivity index (χ3n) is 5.33. The van der Waals surface area contributed by atoms with Crippen LogP contribution in [0.3, 0.4) is 0 Å². The van der Waals surface area contributed by atoms with Gasteiger partial charge in [0, 0.05) is 12.1 Å². The van der Waals surface area contributed by atoms with E-state index in [0.717, 1.165) is 22.3 Å². The number of benzene rings is 3. The number of carbonyl (C=O) groups excluding carboxylic acids is 1. The molecule has 3 aromatic rings. The Labute approximate surface area is 178 Å². The SMILES string of the molecule is C=C(c1ccccc1)N1C(=O)CC[C@@H]1c1ccc(-c2ccc(OC(F)(F)F)cc2)cc1. The van der Waals surface area contributed by atoms with Gasteiger partial charge in [0.15, 0.2) is 0 Å². The van der Waals surface area contributed by atoms with Crippen LogP contribution in [0.4, 0.5) is 13.2 Å². The number of likely N-dealkylation sites (tertiary alicyclic amines) is 1. The minimum atomic E-state index is -4.71. The molecule has 31 heavy (non-hydrogen) atoms.